The van der Waals surface area contributed by atoms with Crippen LogP contribution < -0.4 is 11.0 Å². The molecule has 0 unspecified atom stereocenters. The number of amides is 1. The summed E-state index contributed by atoms with van der Waals surface area (Å²) in [6, 6.07) is 8.63. The molecule has 0 saturated heterocycles. The number of nitrogens with one attached hydrogen (secondary N) is 1. The topological polar surface area (TPSA) is 81.3 Å². The van der Waals surface area contributed by atoms with Gasteiger partial charge < -0.3 is 5.32 Å². The minimum absolute atomic E-state index is 0.167. The van der Waals surface area contributed by atoms with Crippen LogP contribution >= 0.6 is 11.6 Å². The van der Waals surface area contributed by atoms with E-state index in [0.717, 1.165) is 20.3 Å². The molecule has 2 aromatic heterocycles. The molecule has 8 heteroatoms. The van der Waals surface area contributed by atoms with Crippen molar-refractivity contribution in [3.05, 3.63) is 63.2 Å². The van der Waals surface area contributed by atoms with Crippen LogP contribution in [0.3, 0.4) is 0 Å². The van der Waals surface area contributed by atoms with E-state index in [9.17, 15) is 9.59 Å². The first-order chi connectivity index (χ1) is 11.5. The van der Waals surface area contributed by atoms with E-state index in [1.807, 2.05) is 26.0 Å². The second-order valence-corrected chi connectivity index (χ2v) is 5.96. The van der Waals surface area contributed by atoms with Crippen LogP contribution in [0.2, 0.25) is 5.02 Å². The van der Waals surface area contributed by atoms with Crippen molar-refractivity contribution >= 4 is 23.2 Å². The first-order valence-electron chi connectivity index (χ1n) is 7.42. The Labute approximate surface area is 142 Å². The van der Waals surface area contributed by atoms with Crippen molar-refractivity contribution in [3.8, 4) is 0 Å². The fraction of sp³-hybridized carbons (Fsp3) is 0.250. The van der Waals surface area contributed by atoms with E-state index in [1.165, 1.54) is 6.20 Å². The maximum absolute atomic E-state index is 12.2. The van der Waals surface area contributed by atoms with Gasteiger partial charge in [0.1, 0.15) is 6.54 Å². The van der Waals surface area contributed by atoms with Gasteiger partial charge in [-0.25, -0.2) is 9.48 Å². The highest BCUT2D eigenvalue weighted by atomic mass is 35.5. The third-order valence-corrected chi connectivity index (χ3v) is 3.96. The summed E-state index contributed by atoms with van der Waals surface area (Å²) in [5.74, 6) is -0.303. The summed E-state index contributed by atoms with van der Waals surface area (Å²) in [4.78, 5) is 24.4. The summed E-state index contributed by atoms with van der Waals surface area (Å²) < 4.78 is 2.25. The largest absolute Gasteiger partial charge is 0.367 e. The average molecular weight is 346 g/mol. The number of aromatic nitrogens is 4. The van der Waals surface area contributed by atoms with E-state index in [1.54, 1.807) is 18.2 Å². The number of nitrogens with zero attached hydrogens (tertiary/aromatic N) is 4. The number of carbonyl (C=O) groups is 1. The Morgan fingerprint density at radius 3 is 2.88 bits per heavy atom. The lowest BCUT2D eigenvalue weighted by molar-refractivity contribution is -0.122. The fourth-order valence-corrected chi connectivity index (χ4v) is 2.82. The zero-order valence-electron chi connectivity index (χ0n) is 13.2. The molecule has 0 spiro atoms. The van der Waals surface area contributed by atoms with Gasteiger partial charge in [-0.05, 0) is 49.2 Å². The second kappa shape index (κ2) is 6.45. The molecule has 1 N–H and O–H groups in total. The first-order valence-corrected chi connectivity index (χ1v) is 7.80. The molecule has 0 aliphatic carbocycles. The van der Waals surface area contributed by atoms with Crippen molar-refractivity contribution in [1.82, 2.24) is 24.7 Å². The summed E-state index contributed by atoms with van der Waals surface area (Å²) in [6.45, 7) is 3.64. The summed E-state index contributed by atoms with van der Waals surface area (Å²) >= 11 is 5.95. The molecule has 0 aliphatic rings. The van der Waals surface area contributed by atoms with E-state index in [2.05, 4.69) is 15.5 Å². The smallest absolute Gasteiger partial charge is 0.348 e. The summed E-state index contributed by atoms with van der Waals surface area (Å²) in [5, 5.41) is 11.5. The maximum Gasteiger partial charge on any atom is 0.367 e. The van der Waals surface area contributed by atoms with Gasteiger partial charge in [0.15, 0.2) is 5.65 Å². The van der Waals surface area contributed by atoms with Gasteiger partial charge in [0.2, 0.25) is 5.91 Å². The molecule has 124 valence electrons. The predicted octanol–water partition coefficient (Wildman–Crippen LogP) is 1.73. The number of aryl methyl sites for hydroxylation is 1. The maximum atomic E-state index is 12.2. The monoisotopic (exact) mass is 345 g/mol. The Hall–Kier alpha value is -2.67. The molecule has 24 heavy (non-hydrogen) atoms. The Morgan fingerprint density at radius 1 is 1.38 bits per heavy atom. The van der Waals surface area contributed by atoms with Crippen LogP contribution in [0.5, 0.6) is 0 Å². The number of hydrogen-bond donors (Lipinski definition) is 1. The third kappa shape index (κ3) is 3.16. The molecule has 0 fully saturated rings. The highest BCUT2D eigenvalue weighted by Gasteiger charge is 2.15. The van der Waals surface area contributed by atoms with Crippen molar-refractivity contribution in [2.75, 3.05) is 0 Å². The number of benzene rings is 1. The average Bonchev–Trinajstić information content (AvgIpc) is 2.83. The molecule has 0 aliphatic heterocycles. The second-order valence-electron chi connectivity index (χ2n) is 5.52. The van der Waals surface area contributed by atoms with Gasteiger partial charge in [0.05, 0.1) is 6.04 Å². The normalized spacial score (nSPS) is 12.3. The molecule has 1 atom stereocenters. The Balaban J connectivity index is 1.75. The fourth-order valence-electron chi connectivity index (χ4n) is 2.59. The Morgan fingerprint density at radius 2 is 2.17 bits per heavy atom. The van der Waals surface area contributed by atoms with Gasteiger partial charge in [-0.3, -0.25) is 4.79 Å². The number of hydrogen-bond acceptors (Lipinski definition) is 4. The molecule has 3 rings (SSSR count). The predicted molar refractivity (Wildman–Crippen MR) is 90.0 cm³/mol. The van der Waals surface area contributed by atoms with Crippen LogP contribution in [0.1, 0.15) is 24.1 Å². The minimum Gasteiger partial charge on any atom is -0.348 e. The number of halogens is 1. The third-order valence-electron chi connectivity index (χ3n) is 3.72. The molecule has 3 aromatic rings. The van der Waals surface area contributed by atoms with Crippen molar-refractivity contribution in [3.63, 3.8) is 0 Å². The Bertz CT molecular complexity index is 963. The van der Waals surface area contributed by atoms with E-state index in [-0.39, 0.29) is 18.5 Å². The van der Waals surface area contributed by atoms with E-state index in [4.69, 9.17) is 11.6 Å². The number of rotatable bonds is 4. The summed E-state index contributed by atoms with van der Waals surface area (Å²) in [7, 11) is 0. The highest BCUT2D eigenvalue weighted by molar-refractivity contribution is 6.30. The standard InChI is InChI=1S/C16H16ClN5O2/c1-10-8-12(17)5-6-13(10)11(2)19-15(23)9-21-16(24)22-14(20-21)4-3-7-18-22/h3-8,11H,9H2,1-2H3,(H,19,23)/t11-/m0/s1. The van der Waals surface area contributed by atoms with E-state index >= 15 is 0 Å². The van der Waals surface area contributed by atoms with Crippen LogP contribution in [-0.4, -0.2) is 25.3 Å². The zero-order chi connectivity index (χ0) is 17.3. The van der Waals surface area contributed by atoms with Crippen molar-refractivity contribution in [1.29, 1.82) is 0 Å². The van der Waals surface area contributed by atoms with E-state index in [0.29, 0.717) is 10.7 Å². The van der Waals surface area contributed by atoms with Crippen molar-refractivity contribution in [2.45, 2.75) is 26.4 Å². The van der Waals surface area contributed by atoms with Crippen LogP contribution in [-0.2, 0) is 11.3 Å². The first kappa shape index (κ1) is 16.2. The summed E-state index contributed by atoms with van der Waals surface area (Å²) in [6.07, 6.45) is 1.49. The number of fused-ring (bicyclic) bond motifs is 1. The summed E-state index contributed by atoms with van der Waals surface area (Å²) in [5.41, 5.74) is 1.91. The number of carbonyl (C=O) groups excluding carboxylic acids is 1. The van der Waals surface area contributed by atoms with Crippen LogP contribution in [0.25, 0.3) is 5.65 Å². The lowest BCUT2D eigenvalue weighted by Crippen LogP contribution is -2.34. The zero-order valence-corrected chi connectivity index (χ0v) is 14.0. The van der Waals surface area contributed by atoms with Gasteiger partial charge >= 0.3 is 5.69 Å². The van der Waals surface area contributed by atoms with Gasteiger partial charge in [-0.2, -0.15) is 9.61 Å². The SMILES string of the molecule is Cc1cc(Cl)ccc1[C@H](C)NC(=O)Cn1nc2cccnn2c1=O. The van der Waals surface area contributed by atoms with Crippen molar-refractivity contribution in [2.24, 2.45) is 0 Å². The van der Waals surface area contributed by atoms with E-state index < -0.39 is 5.69 Å². The molecule has 7 nitrogen and oxygen atoms in total. The molecule has 2 heterocycles. The highest BCUT2D eigenvalue weighted by Crippen LogP contribution is 2.21. The van der Waals surface area contributed by atoms with Crippen LogP contribution in [0, 0.1) is 6.92 Å². The molecular weight excluding hydrogens is 330 g/mol. The Kier molecular flexibility index (Phi) is 4.35. The lowest BCUT2D eigenvalue weighted by Gasteiger charge is -2.16. The van der Waals surface area contributed by atoms with Gasteiger partial charge in [-0.15, -0.1) is 5.10 Å². The minimum atomic E-state index is -0.448. The van der Waals surface area contributed by atoms with Gasteiger partial charge in [0.25, 0.3) is 0 Å². The molecule has 0 saturated carbocycles. The van der Waals surface area contributed by atoms with Crippen LogP contribution in [0.15, 0.2) is 41.3 Å². The quantitative estimate of drug-likeness (QED) is 0.780. The molecule has 0 radical (unpaired) electrons. The molecule has 0 bridgehead atoms. The lowest BCUT2D eigenvalue weighted by atomic mass is 10.0. The molecule has 1 aromatic carbocycles. The van der Waals surface area contributed by atoms with Crippen molar-refractivity contribution < 1.29 is 4.79 Å². The van der Waals surface area contributed by atoms with Gasteiger partial charge in [0, 0.05) is 11.2 Å². The molecular formula is C16H16ClN5O2. The van der Waals surface area contributed by atoms with Crippen LogP contribution in [0.4, 0.5) is 0 Å². The molecule has 1 amide bonds. The van der Waals surface area contributed by atoms with Gasteiger partial charge in [-0.1, -0.05) is 17.7 Å².